The van der Waals surface area contributed by atoms with Gasteiger partial charge in [0.2, 0.25) is 11.8 Å². The molecule has 2 heterocycles. The highest BCUT2D eigenvalue weighted by molar-refractivity contribution is 5.77. The van der Waals surface area contributed by atoms with E-state index in [9.17, 15) is 18.0 Å². The predicted molar refractivity (Wildman–Crippen MR) is 90.5 cm³/mol. The van der Waals surface area contributed by atoms with Crippen LogP contribution in [0, 0.1) is 6.92 Å². The van der Waals surface area contributed by atoms with Crippen molar-refractivity contribution in [1.29, 1.82) is 0 Å². The summed E-state index contributed by atoms with van der Waals surface area (Å²) in [5, 5.41) is 2.82. The number of hydrogen-bond acceptors (Lipinski definition) is 5. The van der Waals surface area contributed by atoms with Gasteiger partial charge in [0.1, 0.15) is 0 Å². The average molecular weight is 370 g/mol. The molecule has 1 aliphatic heterocycles. The number of hydrogen-bond donors (Lipinski definition) is 1. The van der Waals surface area contributed by atoms with E-state index in [1.807, 2.05) is 17.9 Å². The molecule has 0 fully saturated rings. The molecule has 1 aliphatic rings. The van der Waals surface area contributed by atoms with E-state index in [2.05, 4.69) is 20.0 Å². The van der Waals surface area contributed by atoms with Gasteiger partial charge in [-0.05, 0) is 31.1 Å². The maximum absolute atomic E-state index is 12.2. The zero-order valence-electron chi connectivity index (χ0n) is 14.8. The van der Waals surface area contributed by atoms with Crippen LogP contribution in [0.3, 0.4) is 0 Å². The van der Waals surface area contributed by atoms with Gasteiger partial charge in [-0.25, -0.2) is 9.98 Å². The molecule has 1 aromatic heterocycles. The van der Waals surface area contributed by atoms with Gasteiger partial charge in [0.15, 0.2) is 12.9 Å². The standard InChI is InChI=1S/C17H21F3N4O2/c1-4-14(25)23-16-21-6-5-12(3)24(16)9-13-8-22-15(7-11(13)2)26-10-17(18,19)20/h5-8,16H,4,9-10H2,1-3H3,(H,23,25). The molecule has 6 nitrogen and oxygen atoms in total. The molecule has 1 N–H and O–H groups in total. The molecule has 1 unspecified atom stereocenters. The van der Waals surface area contributed by atoms with Crippen LogP contribution in [0.5, 0.6) is 5.88 Å². The first kappa shape index (κ1) is 19.7. The fourth-order valence-corrected chi connectivity index (χ4v) is 2.32. The number of aromatic nitrogens is 1. The van der Waals surface area contributed by atoms with Crippen LogP contribution in [-0.2, 0) is 11.3 Å². The Labute approximate surface area is 149 Å². The third-order valence-electron chi connectivity index (χ3n) is 3.82. The SMILES string of the molecule is CCC(=O)NC1N=CC=C(C)N1Cc1cnc(OCC(F)(F)F)cc1C. The minimum atomic E-state index is -4.41. The Morgan fingerprint density at radius 1 is 1.38 bits per heavy atom. The molecule has 26 heavy (non-hydrogen) atoms. The lowest BCUT2D eigenvalue weighted by molar-refractivity contribution is -0.154. The molecule has 2 rings (SSSR count). The minimum Gasteiger partial charge on any atom is -0.468 e. The van der Waals surface area contributed by atoms with Gasteiger partial charge in [0.05, 0.1) is 0 Å². The van der Waals surface area contributed by atoms with E-state index in [1.54, 1.807) is 20.1 Å². The van der Waals surface area contributed by atoms with Crippen molar-refractivity contribution in [2.75, 3.05) is 6.61 Å². The molecule has 0 bridgehead atoms. The second-order valence-electron chi connectivity index (χ2n) is 5.88. The number of allylic oxidation sites excluding steroid dienone is 2. The van der Waals surface area contributed by atoms with Gasteiger partial charge in [-0.1, -0.05) is 6.92 Å². The molecule has 0 saturated carbocycles. The molecular weight excluding hydrogens is 349 g/mol. The van der Waals surface area contributed by atoms with E-state index in [0.717, 1.165) is 16.8 Å². The van der Waals surface area contributed by atoms with E-state index in [-0.39, 0.29) is 11.8 Å². The van der Waals surface area contributed by atoms with Crippen LogP contribution in [0.25, 0.3) is 0 Å². The summed E-state index contributed by atoms with van der Waals surface area (Å²) in [7, 11) is 0. The van der Waals surface area contributed by atoms with E-state index < -0.39 is 19.1 Å². The molecule has 1 atom stereocenters. The van der Waals surface area contributed by atoms with Crippen molar-refractivity contribution in [2.45, 2.75) is 46.2 Å². The van der Waals surface area contributed by atoms with Gasteiger partial charge in [0, 0.05) is 37.1 Å². The lowest BCUT2D eigenvalue weighted by Gasteiger charge is -2.34. The van der Waals surface area contributed by atoms with Crippen molar-refractivity contribution in [3.05, 3.63) is 35.2 Å². The number of nitrogens with zero attached hydrogens (tertiary/aromatic N) is 3. The number of aryl methyl sites for hydroxylation is 1. The van der Waals surface area contributed by atoms with Gasteiger partial charge in [-0.15, -0.1) is 0 Å². The van der Waals surface area contributed by atoms with E-state index in [4.69, 9.17) is 0 Å². The molecule has 0 spiro atoms. The van der Waals surface area contributed by atoms with Gasteiger partial charge in [-0.3, -0.25) is 4.79 Å². The van der Waals surface area contributed by atoms with Gasteiger partial charge >= 0.3 is 6.18 Å². The Kier molecular flexibility index (Phi) is 6.23. The molecule has 9 heteroatoms. The van der Waals surface area contributed by atoms with Gasteiger partial charge in [-0.2, -0.15) is 13.2 Å². The van der Waals surface area contributed by atoms with E-state index >= 15 is 0 Å². The van der Waals surface area contributed by atoms with Crippen LogP contribution in [-0.4, -0.2) is 41.1 Å². The summed E-state index contributed by atoms with van der Waals surface area (Å²) in [5.74, 6) is -0.207. The van der Waals surface area contributed by atoms with Crippen LogP contribution in [0.1, 0.15) is 31.4 Å². The third-order valence-corrected chi connectivity index (χ3v) is 3.82. The number of aliphatic imine (C=N–C) groups is 1. The molecular formula is C17H21F3N4O2. The van der Waals surface area contributed by atoms with Crippen molar-refractivity contribution in [3.63, 3.8) is 0 Å². The first-order valence-electron chi connectivity index (χ1n) is 8.10. The number of rotatable bonds is 6. The van der Waals surface area contributed by atoms with Crippen molar-refractivity contribution in [1.82, 2.24) is 15.2 Å². The number of halogens is 3. The van der Waals surface area contributed by atoms with Crippen LogP contribution in [0.15, 0.2) is 29.0 Å². The van der Waals surface area contributed by atoms with E-state index in [0.29, 0.717) is 13.0 Å². The number of carbonyl (C=O) groups excluding carboxylic acids is 1. The highest BCUT2D eigenvalue weighted by Gasteiger charge is 2.29. The molecule has 1 aromatic rings. The monoisotopic (exact) mass is 370 g/mol. The number of pyridine rings is 1. The second kappa shape index (κ2) is 8.20. The summed E-state index contributed by atoms with van der Waals surface area (Å²) < 4.78 is 41.4. The summed E-state index contributed by atoms with van der Waals surface area (Å²) in [6.45, 7) is 4.42. The zero-order valence-corrected chi connectivity index (χ0v) is 14.8. The molecule has 142 valence electrons. The normalized spacial score (nSPS) is 17.1. The van der Waals surface area contributed by atoms with Crippen LogP contribution >= 0.6 is 0 Å². The summed E-state index contributed by atoms with van der Waals surface area (Å²) in [6, 6.07) is 1.47. The minimum absolute atomic E-state index is 0.0802. The Morgan fingerprint density at radius 2 is 2.12 bits per heavy atom. The zero-order chi connectivity index (χ0) is 19.3. The fraction of sp³-hybridized carbons (Fsp3) is 0.471. The highest BCUT2D eigenvalue weighted by Crippen LogP contribution is 2.22. The maximum atomic E-state index is 12.2. The van der Waals surface area contributed by atoms with Crippen molar-refractivity contribution in [3.8, 4) is 5.88 Å². The van der Waals surface area contributed by atoms with Crippen LogP contribution < -0.4 is 10.1 Å². The molecule has 0 aliphatic carbocycles. The fourth-order valence-electron chi connectivity index (χ4n) is 2.32. The maximum Gasteiger partial charge on any atom is 0.422 e. The molecule has 0 saturated heterocycles. The van der Waals surface area contributed by atoms with Crippen LogP contribution in [0.2, 0.25) is 0 Å². The molecule has 0 radical (unpaired) electrons. The van der Waals surface area contributed by atoms with E-state index in [1.165, 1.54) is 12.3 Å². The summed E-state index contributed by atoms with van der Waals surface area (Å²) in [6.07, 6.45) is 0.323. The number of amides is 1. The number of nitrogens with one attached hydrogen (secondary N) is 1. The summed E-state index contributed by atoms with van der Waals surface area (Å²) in [4.78, 5) is 21.8. The third kappa shape index (κ3) is 5.47. The first-order chi connectivity index (χ1) is 12.2. The van der Waals surface area contributed by atoms with Crippen LogP contribution in [0.4, 0.5) is 13.2 Å². The quantitative estimate of drug-likeness (QED) is 0.836. The second-order valence-corrected chi connectivity index (χ2v) is 5.88. The van der Waals surface area contributed by atoms with Gasteiger partial charge < -0.3 is 15.0 Å². The number of alkyl halides is 3. The molecule has 0 aromatic carbocycles. The average Bonchev–Trinajstić information content (AvgIpc) is 2.57. The van der Waals surface area contributed by atoms with Crippen molar-refractivity contribution >= 4 is 12.1 Å². The number of ether oxygens (including phenoxy) is 1. The highest BCUT2D eigenvalue weighted by atomic mass is 19.4. The smallest absolute Gasteiger partial charge is 0.422 e. The lowest BCUT2D eigenvalue weighted by atomic mass is 10.1. The Bertz CT molecular complexity index is 716. The molecule has 1 amide bonds. The topological polar surface area (TPSA) is 66.8 Å². The largest absolute Gasteiger partial charge is 0.468 e. The lowest BCUT2D eigenvalue weighted by Crippen LogP contribution is -2.47. The van der Waals surface area contributed by atoms with Gasteiger partial charge in [0.25, 0.3) is 0 Å². The summed E-state index contributed by atoms with van der Waals surface area (Å²) in [5.41, 5.74) is 2.43. The first-order valence-corrected chi connectivity index (χ1v) is 8.10. The van der Waals surface area contributed by atoms with Crippen molar-refractivity contribution in [2.24, 2.45) is 4.99 Å². The van der Waals surface area contributed by atoms with Crippen molar-refractivity contribution < 1.29 is 22.7 Å². The Morgan fingerprint density at radius 3 is 2.73 bits per heavy atom. The Balaban J connectivity index is 2.11. The Hall–Kier alpha value is -2.58. The summed E-state index contributed by atoms with van der Waals surface area (Å²) >= 11 is 0. The predicted octanol–water partition coefficient (Wildman–Crippen LogP) is 2.93. The number of carbonyl (C=O) groups is 1.